The Labute approximate surface area is 119 Å². The van der Waals surface area contributed by atoms with E-state index in [1.54, 1.807) is 6.07 Å². The number of aromatic hydroxyl groups is 3. The second-order valence-electron chi connectivity index (χ2n) is 4.26. The Morgan fingerprint density at radius 3 is 2.47 bits per heavy atom. The molecule has 0 heterocycles. The molecule has 4 N–H and O–H groups in total. The van der Waals surface area contributed by atoms with Gasteiger partial charge in [0.05, 0.1) is 0 Å². The van der Waals surface area contributed by atoms with Crippen molar-refractivity contribution in [1.82, 2.24) is 0 Å². The Morgan fingerprint density at radius 1 is 1.05 bits per heavy atom. The van der Waals surface area contributed by atoms with E-state index in [9.17, 15) is 15.3 Å². The second-order valence-corrected chi connectivity index (χ2v) is 5.11. The molecule has 0 aliphatic heterocycles. The van der Waals surface area contributed by atoms with E-state index in [0.717, 1.165) is 15.7 Å². The van der Waals surface area contributed by atoms with Gasteiger partial charge in [-0.3, -0.25) is 0 Å². The SMILES string of the molecule is Cc1cc(NCc2ccc(O)c(O)c2O)ccc1Br. The Bertz CT molecular complexity index is 614. The molecule has 0 bridgehead atoms. The number of hydrogen-bond acceptors (Lipinski definition) is 4. The number of aryl methyl sites for hydroxylation is 1. The summed E-state index contributed by atoms with van der Waals surface area (Å²) < 4.78 is 1.03. The number of halogens is 1. The highest BCUT2D eigenvalue weighted by molar-refractivity contribution is 9.10. The van der Waals surface area contributed by atoms with Crippen molar-refractivity contribution < 1.29 is 15.3 Å². The molecule has 0 aliphatic carbocycles. The average Bonchev–Trinajstić information content (AvgIpc) is 2.39. The zero-order chi connectivity index (χ0) is 14.0. The molecular formula is C14H14BrNO3. The fourth-order valence-corrected chi connectivity index (χ4v) is 1.95. The van der Waals surface area contributed by atoms with Crippen molar-refractivity contribution in [1.29, 1.82) is 0 Å². The van der Waals surface area contributed by atoms with Gasteiger partial charge in [-0.2, -0.15) is 0 Å². The number of phenolic OH excluding ortho intramolecular Hbond substituents is 3. The summed E-state index contributed by atoms with van der Waals surface area (Å²) in [7, 11) is 0. The topological polar surface area (TPSA) is 72.7 Å². The van der Waals surface area contributed by atoms with Crippen molar-refractivity contribution in [3.05, 3.63) is 45.9 Å². The van der Waals surface area contributed by atoms with Crippen LogP contribution in [0.15, 0.2) is 34.8 Å². The lowest BCUT2D eigenvalue weighted by molar-refractivity contribution is 0.365. The van der Waals surface area contributed by atoms with E-state index in [-0.39, 0.29) is 11.5 Å². The molecule has 2 aromatic carbocycles. The number of hydrogen-bond donors (Lipinski definition) is 4. The van der Waals surface area contributed by atoms with Gasteiger partial charge in [0.2, 0.25) is 5.75 Å². The summed E-state index contributed by atoms with van der Waals surface area (Å²) in [6.45, 7) is 2.33. The highest BCUT2D eigenvalue weighted by atomic mass is 79.9. The predicted octanol–water partition coefficient (Wildman–Crippen LogP) is 3.49. The van der Waals surface area contributed by atoms with Gasteiger partial charge < -0.3 is 20.6 Å². The van der Waals surface area contributed by atoms with Gasteiger partial charge in [-0.05, 0) is 42.8 Å². The number of anilines is 1. The van der Waals surface area contributed by atoms with E-state index in [1.807, 2.05) is 25.1 Å². The van der Waals surface area contributed by atoms with Crippen LogP contribution in [0.4, 0.5) is 5.69 Å². The lowest BCUT2D eigenvalue weighted by atomic mass is 10.1. The molecule has 5 heteroatoms. The van der Waals surface area contributed by atoms with Gasteiger partial charge in [-0.1, -0.05) is 15.9 Å². The predicted molar refractivity (Wildman–Crippen MR) is 77.6 cm³/mol. The molecule has 0 radical (unpaired) electrons. The van der Waals surface area contributed by atoms with Crippen molar-refractivity contribution in [3.8, 4) is 17.2 Å². The largest absolute Gasteiger partial charge is 0.504 e. The van der Waals surface area contributed by atoms with E-state index in [2.05, 4.69) is 21.2 Å². The van der Waals surface area contributed by atoms with Gasteiger partial charge in [0.25, 0.3) is 0 Å². The molecular weight excluding hydrogens is 310 g/mol. The van der Waals surface area contributed by atoms with Crippen molar-refractivity contribution in [2.24, 2.45) is 0 Å². The van der Waals surface area contributed by atoms with E-state index in [1.165, 1.54) is 6.07 Å². The molecule has 0 atom stereocenters. The third-order valence-electron chi connectivity index (χ3n) is 2.85. The maximum Gasteiger partial charge on any atom is 0.200 e. The first-order chi connectivity index (χ1) is 8.99. The smallest absolute Gasteiger partial charge is 0.200 e. The Balaban J connectivity index is 2.14. The summed E-state index contributed by atoms with van der Waals surface area (Å²) in [4.78, 5) is 0. The van der Waals surface area contributed by atoms with Crippen LogP contribution < -0.4 is 5.32 Å². The van der Waals surface area contributed by atoms with E-state index in [0.29, 0.717) is 12.1 Å². The van der Waals surface area contributed by atoms with Crippen molar-refractivity contribution >= 4 is 21.6 Å². The first-order valence-electron chi connectivity index (χ1n) is 5.72. The number of rotatable bonds is 3. The number of nitrogens with one attached hydrogen (secondary N) is 1. The van der Waals surface area contributed by atoms with Gasteiger partial charge in [-0.25, -0.2) is 0 Å². The minimum absolute atomic E-state index is 0.304. The van der Waals surface area contributed by atoms with Gasteiger partial charge in [-0.15, -0.1) is 0 Å². The summed E-state index contributed by atoms with van der Waals surface area (Å²) in [6, 6.07) is 8.73. The Hall–Kier alpha value is -1.88. The minimum Gasteiger partial charge on any atom is -0.504 e. The molecule has 0 aromatic heterocycles. The Kier molecular flexibility index (Phi) is 3.85. The number of benzene rings is 2. The molecule has 0 saturated carbocycles. The van der Waals surface area contributed by atoms with E-state index in [4.69, 9.17) is 0 Å². The van der Waals surface area contributed by atoms with Crippen LogP contribution in [0.1, 0.15) is 11.1 Å². The summed E-state index contributed by atoms with van der Waals surface area (Å²) in [5.41, 5.74) is 2.52. The van der Waals surface area contributed by atoms with Crippen molar-refractivity contribution in [2.75, 3.05) is 5.32 Å². The molecule has 0 amide bonds. The molecule has 100 valence electrons. The highest BCUT2D eigenvalue weighted by Crippen LogP contribution is 2.37. The van der Waals surface area contributed by atoms with Crippen LogP contribution in [0.3, 0.4) is 0 Å². The minimum atomic E-state index is -0.494. The molecule has 0 aliphatic rings. The maximum absolute atomic E-state index is 9.70. The Morgan fingerprint density at radius 2 is 1.79 bits per heavy atom. The molecule has 4 nitrogen and oxygen atoms in total. The second kappa shape index (κ2) is 5.40. The van der Waals surface area contributed by atoms with Gasteiger partial charge in [0, 0.05) is 22.3 Å². The lowest BCUT2D eigenvalue weighted by Crippen LogP contribution is -2.00. The van der Waals surface area contributed by atoms with Crippen molar-refractivity contribution in [3.63, 3.8) is 0 Å². The van der Waals surface area contributed by atoms with Gasteiger partial charge >= 0.3 is 0 Å². The zero-order valence-corrected chi connectivity index (χ0v) is 11.9. The molecule has 0 fully saturated rings. The highest BCUT2D eigenvalue weighted by Gasteiger charge is 2.10. The molecule has 2 rings (SSSR count). The molecule has 0 saturated heterocycles. The standard InChI is InChI=1S/C14H14BrNO3/c1-8-6-10(3-4-11(8)15)16-7-9-2-5-12(17)14(19)13(9)18/h2-6,16-19H,7H2,1H3. The fourth-order valence-electron chi connectivity index (χ4n) is 1.71. The normalized spacial score (nSPS) is 10.4. The zero-order valence-electron chi connectivity index (χ0n) is 10.3. The van der Waals surface area contributed by atoms with Gasteiger partial charge in [0.1, 0.15) is 0 Å². The van der Waals surface area contributed by atoms with Crippen LogP contribution in [0.2, 0.25) is 0 Å². The quantitative estimate of drug-likeness (QED) is 0.652. The molecule has 0 unspecified atom stereocenters. The van der Waals surface area contributed by atoms with Crippen LogP contribution >= 0.6 is 15.9 Å². The summed E-state index contributed by atoms with van der Waals surface area (Å²) in [5, 5.41) is 31.5. The summed E-state index contributed by atoms with van der Waals surface area (Å²) >= 11 is 3.43. The van der Waals surface area contributed by atoms with Gasteiger partial charge in [0.15, 0.2) is 11.5 Å². The van der Waals surface area contributed by atoms with Crippen LogP contribution in [0.25, 0.3) is 0 Å². The summed E-state index contributed by atoms with van der Waals surface area (Å²) in [5.74, 6) is -1.13. The van der Waals surface area contributed by atoms with Crippen LogP contribution in [-0.2, 0) is 6.54 Å². The monoisotopic (exact) mass is 323 g/mol. The summed E-state index contributed by atoms with van der Waals surface area (Å²) in [6.07, 6.45) is 0. The maximum atomic E-state index is 9.70. The average molecular weight is 324 g/mol. The first kappa shape index (κ1) is 13.5. The third kappa shape index (κ3) is 2.93. The molecule has 0 spiro atoms. The first-order valence-corrected chi connectivity index (χ1v) is 6.51. The van der Waals surface area contributed by atoms with E-state index >= 15 is 0 Å². The van der Waals surface area contributed by atoms with Crippen LogP contribution in [-0.4, -0.2) is 15.3 Å². The van der Waals surface area contributed by atoms with Crippen molar-refractivity contribution in [2.45, 2.75) is 13.5 Å². The van der Waals surface area contributed by atoms with E-state index < -0.39 is 5.75 Å². The van der Waals surface area contributed by atoms with Crippen LogP contribution in [0.5, 0.6) is 17.2 Å². The third-order valence-corrected chi connectivity index (χ3v) is 3.74. The fraction of sp³-hybridized carbons (Fsp3) is 0.143. The lowest BCUT2D eigenvalue weighted by Gasteiger charge is -2.11. The number of phenols is 3. The molecule has 19 heavy (non-hydrogen) atoms. The molecule has 2 aromatic rings. The van der Waals surface area contributed by atoms with Crippen LogP contribution in [0, 0.1) is 6.92 Å².